The molecule has 1 atom stereocenters. The molecule has 10 heteroatoms. The first-order valence-electron chi connectivity index (χ1n) is 12.5. The zero-order valence-electron chi connectivity index (χ0n) is 22.0. The number of ether oxygens (including phenoxy) is 2. The number of rotatable bonds is 12. The van der Waals surface area contributed by atoms with Crippen LogP contribution in [0.3, 0.4) is 0 Å². The van der Waals surface area contributed by atoms with Crippen molar-refractivity contribution in [1.29, 1.82) is 0 Å². The highest BCUT2D eigenvalue weighted by Crippen LogP contribution is 2.34. The van der Waals surface area contributed by atoms with E-state index in [9.17, 15) is 18.0 Å². The number of sulfonamides is 1. The predicted molar refractivity (Wildman–Crippen MR) is 143 cm³/mol. The van der Waals surface area contributed by atoms with E-state index in [-0.39, 0.29) is 29.9 Å². The monoisotopic (exact) mass is 531 g/mol. The Balaban J connectivity index is 1.89. The topological polar surface area (TPSA) is 105 Å². The molecule has 0 heterocycles. The van der Waals surface area contributed by atoms with Crippen LogP contribution in [0.1, 0.15) is 38.2 Å². The lowest BCUT2D eigenvalue weighted by Gasteiger charge is -2.32. The predicted octanol–water partition coefficient (Wildman–Crippen LogP) is 2.99. The number of hydrogen-bond acceptors (Lipinski definition) is 6. The fraction of sp³-hybridized carbons (Fsp3) is 0.481. The zero-order chi connectivity index (χ0) is 27.0. The molecular weight excluding hydrogens is 494 g/mol. The number of benzene rings is 2. The maximum atomic E-state index is 13.7. The van der Waals surface area contributed by atoms with E-state index in [1.54, 1.807) is 19.1 Å². The molecule has 3 rings (SSSR count). The smallest absolute Gasteiger partial charge is 0.244 e. The Morgan fingerprint density at radius 1 is 1.05 bits per heavy atom. The van der Waals surface area contributed by atoms with Crippen LogP contribution in [0.25, 0.3) is 0 Å². The summed E-state index contributed by atoms with van der Waals surface area (Å²) in [7, 11) is -0.991. The second-order valence-electron chi connectivity index (χ2n) is 9.30. The van der Waals surface area contributed by atoms with Crippen molar-refractivity contribution in [1.82, 2.24) is 10.2 Å². The average molecular weight is 532 g/mol. The first-order chi connectivity index (χ1) is 17.6. The normalized spacial score (nSPS) is 14.6. The van der Waals surface area contributed by atoms with Gasteiger partial charge in [0.25, 0.3) is 0 Å². The van der Waals surface area contributed by atoms with Gasteiger partial charge in [0, 0.05) is 18.7 Å². The van der Waals surface area contributed by atoms with E-state index in [2.05, 4.69) is 5.32 Å². The van der Waals surface area contributed by atoms with Crippen LogP contribution in [0.4, 0.5) is 5.69 Å². The largest absolute Gasteiger partial charge is 0.497 e. The molecule has 0 saturated heterocycles. The Morgan fingerprint density at radius 3 is 2.32 bits per heavy atom. The Labute approximate surface area is 219 Å². The maximum absolute atomic E-state index is 13.7. The van der Waals surface area contributed by atoms with Gasteiger partial charge in [-0.05, 0) is 43.9 Å². The van der Waals surface area contributed by atoms with Gasteiger partial charge in [-0.25, -0.2) is 8.42 Å². The van der Waals surface area contributed by atoms with E-state index >= 15 is 0 Å². The van der Waals surface area contributed by atoms with Gasteiger partial charge in [-0.1, -0.05) is 43.2 Å². The summed E-state index contributed by atoms with van der Waals surface area (Å²) in [6.45, 7) is 1.46. The molecule has 2 aromatic carbocycles. The third-order valence-electron chi connectivity index (χ3n) is 6.69. The van der Waals surface area contributed by atoms with Crippen LogP contribution >= 0.6 is 0 Å². The van der Waals surface area contributed by atoms with Crippen LogP contribution in [-0.2, 0) is 26.0 Å². The molecule has 0 aromatic heterocycles. The molecule has 2 amide bonds. The number of amides is 2. The van der Waals surface area contributed by atoms with Gasteiger partial charge >= 0.3 is 0 Å². The van der Waals surface area contributed by atoms with Gasteiger partial charge in [0.2, 0.25) is 21.8 Å². The number of methoxy groups -OCH3 is 2. The highest BCUT2D eigenvalue weighted by Gasteiger charge is 2.32. The third kappa shape index (κ3) is 7.61. The third-order valence-corrected chi connectivity index (χ3v) is 7.81. The molecule has 1 aliphatic rings. The van der Waals surface area contributed by atoms with Crippen LogP contribution in [0, 0.1) is 0 Å². The SMILES string of the molecule is COc1ccc(OC)c(N(CC(=O)N(CCc2ccccc2)[C@H](C)C(=O)NC2CCCC2)S(C)(=O)=O)c1. The standard InChI is InChI=1S/C27H37N3O6S/c1-20(27(32)28-22-12-8-9-13-22)29(17-16-21-10-6-5-7-11-21)26(31)19-30(37(4,33)34)24-18-23(35-2)14-15-25(24)36-3/h5-7,10-11,14-15,18,20,22H,8-9,12-13,16-17,19H2,1-4H3,(H,28,32)/t20-/m1/s1. The molecule has 1 N–H and O–H groups in total. The number of nitrogens with one attached hydrogen (secondary N) is 1. The summed E-state index contributed by atoms with van der Waals surface area (Å²) >= 11 is 0. The highest BCUT2D eigenvalue weighted by atomic mass is 32.2. The first-order valence-corrected chi connectivity index (χ1v) is 14.3. The Bertz CT molecular complexity index is 1170. The van der Waals surface area contributed by atoms with E-state index in [0.717, 1.165) is 41.8 Å². The van der Waals surface area contributed by atoms with Crippen molar-refractivity contribution in [2.24, 2.45) is 0 Å². The van der Waals surface area contributed by atoms with E-state index in [4.69, 9.17) is 9.47 Å². The van der Waals surface area contributed by atoms with Gasteiger partial charge in [0.1, 0.15) is 24.1 Å². The lowest BCUT2D eigenvalue weighted by atomic mass is 10.1. The van der Waals surface area contributed by atoms with Gasteiger partial charge in [-0.2, -0.15) is 0 Å². The number of carbonyl (C=O) groups is 2. The summed E-state index contributed by atoms with van der Waals surface area (Å²) in [6.07, 6.45) is 5.55. The summed E-state index contributed by atoms with van der Waals surface area (Å²) in [6, 6.07) is 13.7. The molecule has 1 saturated carbocycles. The fourth-order valence-corrected chi connectivity index (χ4v) is 5.39. The van der Waals surface area contributed by atoms with Gasteiger partial charge < -0.3 is 19.7 Å². The molecule has 0 spiro atoms. The van der Waals surface area contributed by atoms with Crippen LogP contribution in [0.5, 0.6) is 11.5 Å². The molecule has 0 radical (unpaired) electrons. The minimum Gasteiger partial charge on any atom is -0.497 e. The quantitative estimate of drug-likeness (QED) is 0.452. The lowest BCUT2D eigenvalue weighted by Crippen LogP contribution is -2.53. The molecular formula is C27H37N3O6S. The van der Waals surface area contributed by atoms with Crippen LogP contribution in [0.2, 0.25) is 0 Å². The lowest BCUT2D eigenvalue weighted by molar-refractivity contribution is -0.139. The fourth-order valence-electron chi connectivity index (χ4n) is 4.55. The van der Waals surface area contributed by atoms with Crippen LogP contribution < -0.4 is 19.1 Å². The second kappa shape index (κ2) is 12.8. The van der Waals surface area contributed by atoms with Crippen molar-refractivity contribution in [2.75, 3.05) is 37.9 Å². The Hall–Kier alpha value is -3.27. The van der Waals surface area contributed by atoms with Crippen molar-refractivity contribution in [3.63, 3.8) is 0 Å². The minimum atomic E-state index is -3.89. The molecule has 9 nitrogen and oxygen atoms in total. The highest BCUT2D eigenvalue weighted by molar-refractivity contribution is 7.92. The molecule has 0 aliphatic heterocycles. The summed E-state index contributed by atoms with van der Waals surface area (Å²) in [5.41, 5.74) is 1.20. The van der Waals surface area contributed by atoms with Crippen molar-refractivity contribution in [3.05, 3.63) is 54.1 Å². The van der Waals surface area contributed by atoms with Gasteiger partial charge in [0.05, 0.1) is 26.2 Å². The molecule has 2 aromatic rings. The second-order valence-corrected chi connectivity index (χ2v) is 11.2. The van der Waals surface area contributed by atoms with E-state index < -0.39 is 28.5 Å². The van der Waals surface area contributed by atoms with Crippen molar-refractivity contribution < 1.29 is 27.5 Å². The first kappa shape index (κ1) is 28.3. The van der Waals surface area contributed by atoms with Gasteiger partial charge in [0.15, 0.2) is 0 Å². The summed E-state index contributed by atoms with van der Waals surface area (Å²) in [5, 5.41) is 3.06. The minimum absolute atomic E-state index is 0.106. The summed E-state index contributed by atoms with van der Waals surface area (Å²) in [5.74, 6) is -0.0255. The summed E-state index contributed by atoms with van der Waals surface area (Å²) in [4.78, 5) is 28.3. The van der Waals surface area contributed by atoms with E-state index in [0.29, 0.717) is 12.2 Å². The number of hydrogen-bond donors (Lipinski definition) is 1. The summed E-state index contributed by atoms with van der Waals surface area (Å²) < 4.78 is 37.3. The van der Waals surface area contributed by atoms with Crippen LogP contribution in [0.15, 0.2) is 48.5 Å². The molecule has 202 valence electrons. The molecule has 0 bridgehead atoms. The Morgan fingerprint density at radius 2 is 1.73 bits per heavy atom. The van der Waals surface area contributed by atoms with E-state index in [1.165, 1.54) is 25.2 Å². The van der Waals surface area contributed by atoms with Crippen LogP contribution in [-0.4, -0.2) is 70.8 Å². The Kier molecular flexibility index (Phi) is 9.79. The number of anilines is 1. The van der Waals surface area contributed by atoms with Crippen molar-refractivity contribution >= 4 is 27.5 Å². The van der Waals surface area contributed by atoms with E-state index in [1.807, 2.05) is 30.3 Å². The van der Waals surface area contributed by atoms with Gasteiger partial charge in [-0.15, -0.1) is 0 Å². The number of carbonyl (C=O) groups excluding carboxylic acids is 2. The average Bonchev–Trinajstić information content (AvgIpc) is 3.39. The maximum Gasteiger partial charge on any atom is 0.244 e. The number of nitrogens with zero attached hydrogens (tertiary/aromatic N) is 2. The van der Waals surface area contributed by atoms with Gasteiger partial charge in [-0.3, -0.25) is 13.9 Å². The molecule has 1 aliphatic carbocycles. The van der Waals surface area contributed by atoms with Crippen molar-refractivity contribution in [2.45, 2.75) is 51.1 Å². The zero-order valence-corrected chi connectivity index (χ0v) is 22.8. The molecule has 0 unspecified atom stereocenters. The molecule has 1 fully saturated rings. The molecule has 37 heavy (non-hydrogen) atoms. The van der Waals surface area contributed by atoms with Crippen molar-refractivity contribution in [3.8, 4) is 11.5 Å².